The molecule has 3 nitrogen and oxygen atoms in total. The van der Waals surface area contributed by atoms with Gasteiger partial charge in [-0.1, -0.05) is 0 Å². The van der Waals surface area contributed by atoms with Crippen molar-refractivity contribution in [1.29, 1.82) is 0 Å². The van der Waals surface area contributed by atoms with Gasteiger partial charge in [0, 0.05) is 10.6 Å². The van der Waals surface area contributed by atoms with Crippen LogP contribution in [0.1, 0.15) is 6.92 Å². The lowest BCUT2D eigenvalue weighted by Crippen LogP contribution is -2.00. The summed E-state index contributed by atoms with van der Waals surface area (Å²) in [6.45, 7) is 3.14. The van der Waals surface area contributed by atoms with Crippen LogP contribution in [0.3, 0.4) is 0 Å². The SMILES string of the molecule is CCOc1ccc(OCCSc2ccc(N)c(F)c2)cc1. The maximum Gasteiger partial charge on any atom is 0.147 e. The number of hydrogen-bond donors (Lipinski definition) is 1. The van der Waals surface area contributed by atoms with Gasteiger partial charge in [0.25, 0.3) is 0 Å². The molecule has 2 rings (SSSR count). The number of thioether (sulfide) groups is 1. The Morgan fingerprint density at radius 1 is 1.05 bits per heavy atom. The molecule has 0 heterocycles. The van der Waals surface area contributed by atoms with Crippen LogP contribution in [-0.2, 0) is 0 Å². The van der Waals surface area contributed by atoms with E-state index in [0.29, 0.717) is 13.2 Å². The first-order valence-electron chi connectivity index (χ1n) is 6.72. The minimum absolute atomic E-state index is 0.171. The van der Waals surface area contributed by atoms with Crippen LogP contribution in [0.4, 0.5) is 10.1 Å². The molecule has 0 aromatic heterocycles. The van der Waals surface area contributed by atoms with E-state index in [0.717, 1.165) is 22.1 Å². The monoisotopic (exact) mass is 307 g/mol. The molecule has 5 heteroatoms. The Bertz CT molecular complexity index is 575. The molecule has 0 fully saturated rings. The minimum Gasteiger partial charge on any atom is -0.494 e. The van der Waals surface area contributed by atoms with E-state index in [2.05, 4.69) is 0 Å². The number of ether oxygens (including phenoxy) is 2. The van der Waals surface area contributed by atoms with Gasteiger partial charge >= 0.3 is 0 Å². The van der Waals surface area contributed by atoms with E-state index < -0.39 is 0 Å². The number of nitrogen functional groups attached to an aromatic ring is 1. The number of benzene rings is 2. The van der Waals surface area contributed by atoms with E-state index in [9.17, 15) is 4.39 Å². The molecule has 0 radical (unpaired) electrons. The van der Waals surface area contributed by atoms with Crippen LogP contribution in [0.15, 0.2) is 47.4 Å². The van der Waals surface area contributed by atoms with Crippen LogP contribution in [-0.4, -0.2) is 19.0 Å². The van der Waals surface area contributed by atoms with Gasteiger partial charge in [-0.2, -0.15) is 0 Å². The van der Waals surface area contributed by atoms with Crippen molar-refractivity contribution in [2.24, 2.45) is 0 Å². The molecule has 0 aliphatic rings. The Labute approximate surface area is 128 Å². The molecule has 2 aromatic rings. The third-order valence-corrected chi connectivity index (χ3v) is 3.69. The van der Waals surface area contributed by atoms with Gasteiger partial charge in [0.2, 0.25) is 0 Å². The molecule has 0 unspecified atom stereocenters. The Hall–Kier alpha value is -1.88. The summed E-state index contributed by atoms with van der Waals surface area (Å²) in [4.78, 5) is 0.844. The highest BCUT2D eigenvalue weighted by molar-refractivity contribution is 7.99. The summed E-state index contributed by atoms with van der Waals surface area (Å²) < 4.78 is 24.3. The Morgan fingerprint density at radius 3 is 2.33 bits per heavy atom. The molecule has 0 spiro atoms. The normalized spacial score (nSPS) is 10.4. The smallest absolute Gasteiger partial charge is 0.147 e. The van der Waals surface area contributed by atoms with Crippen molar-refractivity contribution >= 4 is 17.4 Å². The average Bonchev–Trinajstić information content (AvgIpc) is 2.49. The van der Waals surface area contributed by atoms with Crippen LogP contribution < -0.4 is 15.2 Å². The second-order valence-electron chi connectivity index (χ2n) is 4.28. The summed E-state index contributed by atoms with van der Waals surface area (Å²) in [5.41, 5.74) is 5.61. The van der Waals surface area contributed by atoms with Crippen LogP contribution in [0.2, 0.25) is 0 Å². The van der Waals surface area contributed by atoms with E-state index in [4.69, 9.17) is 15.2 Å². The molecule has 0 bridgehead atoms. The highest BCUT2D eigenvalue weighted by Gasteiger charge is 2.01. The van der Waals surface area contributed by atoms with Crippen molar-refractivity contribution < 1.29 is 13.9 Å². The molecule has 21 heavy (non-hydrogen) atoms. The zero-order valence-corrected chi connectivity index (χ0v) is 12.7. The van der Waals surface area contributed by atoms with Crippen molar-refractivity contribution in [3.05, 3.63) is 48.3 Å². The molecule has 0 atom stereocenters. The molecule has 112 valence electrons. The van der Waals surface area contributed by atoms with Gasteiger partial charge in [-0.05, 0) is 49.4 Å². The molecule has 2 N–H and O–H groups in total. The summed E-state index contributed by atoms with van der Waals surface area (Å²) in [6.07, 6.45) is 0. The van der Waals surface area contributed by atoms with Gasteiger partial charge in [0.15, 0.2) is 0 Å². The molecule has 0 saturated heterocycles. The van der Waals surface area contributed by atoms with Gasteiger partial charge in [-0.25, -0.2) is 4.39 Å². The molecular formula is C16H18FNO2S. The first-order valence-corrected chi connectivity index (χ1v) is 7.71. The van der Waals surface area contributed by atoms with E-state index in [1.54, 1.807) is 12.1 Å². The van der Waals surface area contributed by atoms with Gasteiger partial charge in [0.05, 0.1) is 18.9 Å². The zero-order chi connectivity index (χ0) is 15.1. The van der Waals surface area contributed by atoms with Crippen molar-refractivity contribution in [2.45, 2.75) is 11.8 Å². The standard InChI is InChI=1S/C16H18FNO2S/c1-2-19-12-3-5-13(6-4-12)20-9-10-21-14-7-8-16(18)15(17)11-14/h3-8,11H,2,9-10,18H2,1H3. The van der Waals surface area contributed by atoms with E-state index in [1.165, 1.54) is 17.8 Å². The Balaban J connectivity index is 1.75. The third-order valence-electron chi connectivity index (χ3n) is 2.73. The van der Waals surface area contributed by atoms with Gasteiger partial charge in [0.1, 0.15) is 17.3 Å². The quantitative estimate of drug-likeness (QED) is 0.477. The van der Waals surface area contributed by atoms with E-state index >= 15 is 0 Å². The molecule has 0 saturated carbocycles. The zero-order valence-electron chi connectivity index (χ0n) is 11.8. The average molecular weight is 307 g/mol. The van der Waals surface area contributed by atoms with Crippen molar-refractivity contribution in [3.8, 4) is 11.5 Å². The van der Waals surface area contributed by atoms with E-state index in [-0.39, 0.29) is 11.5 Å². The van der Waals surface area contributed by atoms with Crippen LogP contribution in [0, 0.1) is 5.82 Å². The Morgan fingerprint density at radius 2 is 1.71 bits per heavy atom. The first kappa shape index (κ1) is 15.5. The van der Waals surface area contributed by atoms with Crippen molar-refractivity contribution in [3.63, 3.8) is 0 Å². The van der Waals surface area contributed by atoms with Gasteiger partial charge < -0.3 is 15.2 Å². The number of nitrogens with two attached hydrogens (primary N) is 1. The second-order valence-corrected chi connectivity index (χ2v) is 5.45. The Kier molecular flexibility index (Phi) is 5.75. The van der Waals surface area contributed by atoms with Crippen LogP contribution in [0.25, 0.3) is 0 Å². The lowest BCUT2D eigenvalue weighted by atomic mass is 10.3. The summed E-state index contributed by atoms with van der Waals surface area (Å²) in [5, 5.41) is 0. The van der Waals surface area contributed by atoms with E-state index in [1.807, 2.05) is 31.2 Å². The molecule has 0 amide bonds. The largest absolute Gasteiger partial charge is 0.494 e. The van der Waals surface area contributed by atoms with Crippen molar-refractivity contribution in [1.82, 2.24) is 0 Å². The molecule has 0 aliphatic carbocycles. The predicted octanol–water partition coefficient (Wildman–Crippen LogP) is 3.98. The maximum atomic E-state index is 13.3. The lowest BCUT2D eigenvalue weighted by molar-refractivity contribution is 0.332. The highest BCUT2D eigenvalue weighted by Crippen LogP contribution is 2.22. The van der Waals surface area contributed by atoms with Crippen LogP contribution >= 0.6 is 11.8 Å². The summed E-state index contributed by atoms with van der Waals surface area (Å²) in [5.74, 6) is 1.97. The van der Waals surface area contributed by atoms with Gasteiger partial charge in [-0.15, -0.1) is 11.8 Å². The number of halogens is 1. The molecular weight excluding hydrogens is 289 g/mol. The summed E-state index contributed by atoms with van der Waals surface area (Å²) in [6, 6.07) is 12.3. The third kappa shape index (κ3) is 4.86. The topological polar surface area (TPSA) is 44.5 Å². The lowest BCUT2D eigenvalue weighted by Gasteiger charge is -2.08. The molecule has 0 aliphatic heterocycles. The fraction of sp³-hybridized carbons (Fsp3) is 0.250. The number of hydrogen-bond acceptors (Lipinski definition) is 4. The first-order chi connectivity index (χ1) is 10.2. The minimum atomic E-state index is -0.382. The predicted molar refractivity (Wildman–Crippen MR) is 84.6 cm³/mol. The van der Waals surface area contributed by atoms with Crippen LogP contribution in [0.5, 0.6) is 11.5 Å². The fourth-order valence-corrected chi connectivity index (χ4v) is 2.47. The van der Waals surface area contributed by atoms with Gasteiger partial charge in [-0.3, -0.25) is 0 Å². The second kappa shape index (κ2) is 7.78. The van der Waals surface area contributed by atoms with Crippen molar-refractivity contribution in [2.75, 3.05) is 24.7 Å². The summed E-state index contributed by atoms with van der Waals surface area (Å²) >= 11 is 1.53. The maximum absolute atomic E-state index is 13.3. The summed E-state index contributed by atoms with van der Waals surface area (Å²) in [7, 11) is 0. The number of anilines is 1. The fourth-order valence-electron chi connectivity index (χ4n) is 1.72. The highest BCUT2D eigenvalue weighted by atomic mass is 32.2. The molecule has 2 aromatic carbocycles. The number of rotatable bonds is 7.